The van der Waals surface area contributed by atoms with Gasteiger partial charge in [0.05, 0.1) is 6.54 Å². The van der Waals surface area contributed by atoms with Crippen LogP contribution in [0.4, 0.5) is 0 Å². The number of nitrogens with one attached hydrogen (secondary N) is 1. The van der Waals surface area contributed by atoms with Crippen LogP contribution in [0.25, 0.3) is 0 Å². The van der Waals surface area contributed by atoms with Crippen LogP contribution in [0.1, 0.15) is 11.1 Å². The quantitative estimate of drug-likeness (QED) is 0.643. The van der Waals surface area contributed by atoms with E-state index in [4.69, 9.17) is 21.4 Å². The summed E-state index contributed by atoms with van der Waals surface area (Å²) in [6.07, 6.45) is 0. The zero-order valence-corrected chi connectivity index (χ0v) is 10.9. The molecule has 0 bridgehead atoms. The van der Waals surface area contributed by atoms with Gasteiger partial charge in [0.1, 0.15) is 12.4 Å². The van der Waals surface area contributed by atoms with Crippen molar-refractivity contribution < 1.29 is 19.4 Å². The Kier molecular flexibility index (Phi) is 4.97. The Bertz CT molecular complexity index is 450. The highest BCUT2D eigenvalue weighted by Crippen LogP contribution is 2.25. The smallest absolute Gasteiger partial charge is 0.394 e. The van der Waals surface area contributed by atoms with E-state index in [1.54, 1.807) is 12.1 Å². The second-order valence-corrected chi connectivity index (χ2v) is 4.16. The van der Waals surface area contributed by atoms with Crippen molar-refractivity contribution in [3.05, 3.63) is 28.3 Å². The molecule has 1 rings (SSSR count). The van der Waals surface area contributed by atoms with E-state index in [1.165, 1.54) is 0 Å². The molecule has 0 unspecified atom stereocenters. The number of ether oxygens (including phenoxy) is 1. The highest BCUT2D eigenvalue weighted by Gasteiger charge is 2.09. The molecule has 0 aromatic heterocycles. The van der Waals surface area contributed by atoms with Crippen LogP contribution >= 0.6 is 11.6 Å². The lowest BCUT2D eigenvalue weighted by Gasteiger charge is -2.10. The Morgan fingerprint density at radius 1 is 1.33 bits per heavy atom. The van der Waals surface area contributed by atoms with Crippen LogP contribution in [0.15, 0.2) is 12.1 Å². The molecule has 0 aliphatic rings. The van der Waals surface area contributed by atoms with Gasteiger partial charge in [0.15, 0.2) is 0 Å². The highest BCUT2D eigenvalue weighted by molar-refractivity contribution is 6.32. The molecule has 1 aromatic carbocycles. The van der Waals surface area contributed by atoms with Gasteiger partial charge in [-0.05, 0) is 37.1 Å². The summed E-state index contributed by atoms with van der Waals surface area (Å²) in [5.74, 6) is -1.91. The molecule has 2 N–H and O–H groups in total. The van der Waals surface area contributed by atoms with E-state index in [-0.39, 0.29) is 13.2 Å². The van der Waals surface area contributed by atoms with Gasteiger partial charge in [0.25, 0.3) is 0 Å². The van der Waals surface area contributed by atoms with Gasteiger partial charge < -0.3 is 15.2 Å². The molecular formula is C12H14ClNO4. The van der Waals surface area contributed by atoms with E-state index in [0.717, 1.165) is 11.1 Å². The number of carboxylic acid groups (broad SMARTS) is 1. The third-order valence-corrected chi connectivity index (χ3v) is 2.86. The largest absolute Gasteiger partial charge is 0.492 e. The van der Waals surface area contributed by atoms with Gasteiger partial charge in [-0.3, -0.25) is 4.79 Å². The van der Waals surface area contributed by atoms with E-state index in [2.05, 4.69) is 5.32 Å². The number of carbonyl (C=O) groups excluding carboxylic acids is 1. The lowest BCUT2D eigenvalue weighted by atomic mass is 10.1. The van der Waals surface area contributed by atoms with E-state index in [1.807, 2.05) is 13.8 Å². The fourth-order valence-electron chi connectivity index (χ4n) is 1.40. The number of carbonyl (C=O) groups is 2. The van der Waals surface area contributed by atoms with Gasteiger partial charge >= 0.3 is 11.9 Å². The van der Waals surface area contributed by atoms with E-state index in [9.17, 15) is 9.59 Å². The van der Waals surface area contributed by atoms with Crippen LogP contribution in [0.3, 0.4) is 0 Å². The van der Waals surface area contributed by atoms with Gasteiger partial charge in [-0.1, -0.05) is 11.6 Å². The van der Waals surface area contributed by atoms with E-state index in [0.29, 0.717) is 10.8 Å². The van der Waals surface area contributed by atoms with Crippen molar-refractivity contribution in [2.24, 2.45) is 0 Å². The number of hydrogen-bond acceptors (Lipinski definition) is 3. The Balaban J connectivity index is 2.45. The van der Waals surface area contributed by atoms with Gasteiger partial charge in [-0.25, -0.2) is 4.79 Å². The standard InChI is InChI=1S/C12H14ClNO4/c1-7-5-9(6-8(2)10(7)13)18-4-3-14-11(15)12(16)17/h5-6H,3-4H2,1-2H3,(H,14,15)(H,16,17). The Hall–Kier alpha value is -1.75. The molecular weight excluding hydrogens is 258 g/mol. The zero-order chi connectivity index (χ0) is 13.7. The first-order chi connectivity index (χ1) is 8.41. The maximum Gasteiger partial charge on any atom is 0.394 e. The Morgan fingerprint density at radius 2 is 1.89 bits per heavy atom. The first-order valence-electron chi connectivity index (χ1n) is 5.32. The number of rotatable bonds is 4. The number of halogens is 1. The minimum atomic E-state index is -1.51. The Labute approximate surface area is 110 Å². The van der Waals surface area contributed by atoms with Gasteiger partial charge in [0, 0.05) is 5.02 Å². The van der Waals surface area contributed by atoms with Crippen molar-refractivity contribution in [1.82, 2.24) is 5.32 Å². The molecule has 5 nitrogen and oxygen atoms in total. The zero-order valence-electron chi connectivity index (χ0n) is 10.1. The second-order valence-electron chi connectivity index (χ2n) is 3.78. The molecule has 6 heteroatoms. The van der Waals surface area contributed by atoms with Gasteiger partial charge in [-0.2, -0.15) is 0 Å². The van der Waals surface area contributed by atoms with Crippen molar-refractivity contribution >= 4 is 23.5 Å². The molecule has 1 aromatic rings. The normalized spacial score (nSPS) is 9.94. The summed E-state index contributed by atoms with van der Waals surface area (Å²) in [6, 6.07) is 3.57. The summed E-state index contributed by atoms with van der Waals surface area (Å²) >= 11 is 6.01. The fraction of sp³-hybridized carbons (Fsp3) is 0.333. The van der Waals surface area contributed by atoms with Crippen LogP contribution in [0.5, 0.6) is 5.75 Å². The lowest BCUT2D eigenvalue weighted by molar-refractivity contribution is -0.150. The maximum absolute atomic E-state index is 10.7. The predicted octanol–water partition coefficient (Wildman–Crippen LogP) is 1.54. The summed E-state index contributed by atoms with van der Waals surface area (Å²) in [5, 5.41) is 11.2. The van der Waals surface area contributed by atoms with Crippen LogP contribution in [0, 0.1) is 13.8 Å². The summed E-state index contributed by atoms with van der Waals surface area (Å²) in [6.45, 7) is 4.06. The third kappa shape index (κ3) is 3.92. The molecule has 0 fully saturated rings. The van der Waals surface area contributed by atoms with Crippen LogP contribution in [-0.2, 0) is 9.59 Å². The number of hydrogen-bond donors (Lipinski definition) is 2. The predicted molar refractivity (Wildman–Crippen MR) is 67.1 cm³/mol. The molecule has 0 radical (unpaired) electrons. The summed E-state index contributed by atoms with van der Waals surface area (Å²) in [4.78, 5) is 20.9. The molecule has 1 amide bonds. The fourth-order valence-corrected chi connectivity index (χ4v) is 1.51. The van der Waals surface area contributed by atoms with E-state index < -0.39 is 11.9 Å². The van der Waals surface area contributed by atoms with Crippen molar-refractivity contribution in [3.8, 4) is 5.75 Å². The first kappa shape index (κ1) is 14.3. The van der Waals surface area contributed by atoms with Crippen LogP contribution in [-0.4, -0.2) is 30.1 Å². The van der Waals surface area contributed by atoms with Crippen LogP contribution < -0.4 is 10.1 Å². The van der Waals surface area contributed by atoms with Crippen molar-refractivity contribution in [2.45, 2.75) is 13.8 Å². The van der Waals surface area contributed by atoms with Gasteiger partial charge in [-0.15, -0.1) is 0 Å². The SMILES string of the molecule is Cc1cc(OCCNC(=O)C(=O)O)cc(C)c1Cl. The molecule has 98 valence electrons. The number of carboxylic acids is 1. The molecule has 0 heterocycles. The van der Waals surface area contributed by atoms with Crippen molar-refractivity contribution in [3.63, 3.8) is 0 Å². The van der Waals surface area contributed by atoms with Crippen molar-refractivity contribution in [1.29, 1.82) is 0 Å². The third-order valence-electron chi connectivity index (χ3n) is 2.26. The van der Waals surface area contributed by atoms with Gasteiger partial charge in [0.2, 0.25) is 0 Å². The highest BCUT2D eigenvalue weighted by atomic mass is 35.5. The second kappa shape index (κ2) is 6.26. The minimum absolute atomic E-state index is 0.131. The minimum Gasteiger partial charge on any atom is -0.492 e. The average molecular weight is 272 g/mol. The average Bonchev–Trinajstić information content (AvgIpc) is 2.31. The Morgan fingerprint density at radius 3 is 2.39 bits per heavy atom. The molecule has 0 saturated carbocycles. The maximum atomic E-state index is 10.7. The number of amides is 1. The monoisotopic (exact) mass is 271 g/mol. The molecule has 18 heavy (non-hydrogen) atoms. The molecule has 0 saturated heterocycles. The molecule has 0 atom stereocenters. The lowest BCUT2D eigenvalue weighted by Crippen LogP contribution is -2.33. The first-order valence-corrected chi connectivity index (χ1v) is 5.70. The summed E-state index contributed by atoms with van der Waals surface area (Å²) in [5.41, 5.74) is 1.81. The number of benzene rings is 1. The van der Waals surface area contributed by atoms with E-state index >= 15 is 0 Å². The summed E-state index contributed by atoms with van der Waals surface area (Å²) < 4.78 is 5.39. The number of aryl methyl sites for hydroxylation is 2. The molecule has 0 aliphatic heterocycles. The molecule has 0 spiro atoms. The molecule has 0 aliphatic carbocycles. The van der Waals surface area contributed by atoms with Crippen molar-refractivity contribution in [2.75, 3.05) is 13.2 Å². The van der Waals surface area contributed by atoms with Crippen LogP contribution in [0.2, 0.25) is 5.02 Å². The topological polar surface area (TPSA) is 75.6 Å². The number of aliphatic carboxylic acids is 1. The summed E-state index contributed by atoms with van der Waals surface area (Å²) in [7, 11) is 0.